The van der Waals surface area contributed by atoms with E-state index in [1.165, 1.54) is 0 Å². The Hall–Kier alpha value is -2.55. The lowest BCUT2D eigenvalue weighted by molar-refractivity contribution is 0.415. The monoisotopic (exact) mass is 266 g/mol. The van der Waals surface area contributed by atoms with E-state index in [1.807, 2.05) is 24.3 Å². The number of fused-ring (bicyclic) bond motifs is 2. The number of methoxy groups -OCH3 is 2. The molecular weight excluding hydrogens is 252 g/mol. The van der Waals surface area contributed by atoms with Crippen LogP contribution in [0.5, 0.6) is 11.5 Å². The van der Waals surface area contributed by atoms with Crippen molar-refractivity contribution in [3.05, 3.63) is 58.8 Å². The molecular formula is C17H14O3. The molecule has 0 fully saturated rings. The van der Waals surface area contributed by atoms with Crippen LogP contribution in [-0.2, 0) is 0 Å². The summed E-state index contributed by atoms with van der Waals surface area (Å²) in [5, 5.41) is 3.10. The highest BCUT2D eigenvalue weighted by atomic mass is 16.5. The number of ether oxygens (including phenoxy) is 2. The third kappa shape index (κ3) is 1.97. The minimum atomic E-state index is 0.0188. The van der Waals surface area contributed by atoms with Gasteiger partial charge in [-0.3, -0.25) is 4.79 Å². The van der Waals surface area contributed by atoms with Crippen molar-refractivity contribution in [2.75, 3.05) is 14.2 Å². The molecule has 20 heavy (non-hydrogen) atoms. The molecule has 0 unspecified atom stereocenters. The molecule has 0 amide bonds. The number of hydrogen-bond donors (Lipinski definition) is 0. The Balaban J connectivity index is 2.44. The molecule has 0 aliphatic rings. The molecule has 0 spiro atoms. The zero-order valence-electron chi connectivity index (χ0n) is 11.3. The Morgan fingerprint density at radius 1 is 0.700 bits per heavy atom. The summed E-state index contributed by atoms with van der Waals surface area (Å²) < 4.78 is 10.4. The molecule has 0 atom stereocenters. The van der Waals surface area contributed by atoms with Crippen molar-refractivity contribution in [3.8, 4) is 11.5 Å². The van der Waals surface area contributed by atoms with E-state index in [-0.39, 0.29) is 5.43 Å². The minimum absolute atomic E-state index is 0.0188. The maximum atomic E-state index is 12.6. The smallest absolute Gasteiger partial charge is 0.194 e. The second-order valence-corrected chi connectivity index (χ2v) is 4.57. The van der Waals surface area contributed by atoms with Crippen LogP contribution in [-0.4, -0.2) is 14.2 Å². The summed E-state index contributed by atoms with van der Waals surface area (Å²) in [4.78, 5) is 12.6. The number of rotatable bonds is 2. The van der Waals surface area contributed by atoms with Crippen molar-refractivity contribution in [1.29, 1.82) is 0 Å². The molecule has 0 heterocycles. The van der Waals surface area contributed by atoms with Crippen LogP contribution >= 0.6 is 0 Å². The molecule has 3 rings (SSSR count). The maximum Gasteiger partial charge on any atom is 0.194 e. The Morgan fingerprint density at radius 2 is 1.15 bits per heavy atom. The molecule has 3 nitrogen and oxygen atoms in total. The predicted octanol–water partition coefficient (Wildman–Crippen LogP) is 3.37. The minimum Gasteiger partial charge on any atom is -0.497 e. The van der Waals surface area contributed by atoms with Gasteiger partial charge in [-0.15, -0.1) is 0 Å². The SMILES string of the molecule is COc1ccc2c(=O)c3ccc(OC)cc3ccc2c1. The summed E-state index contributed by atoms with van der Waals surface area (Å²) in [6.07, 6.45) is 0. The third-order valence-corrected chi connectivity index (χ3v) is 3.45. The van der Waals surface area contributed by atoms with Crippen molar-refractivity contribution < 1.29 is 9.47 Å². The van der Waals surface area contributed by atoms with Crippen LogP contribution in [0.2, 0.25) is 0 Å². The van der Waals surface area contributed by atoms with Crippen LogP contribution in [0.1, 0.15) is 0 Å². The highest BCUT2D eigenvalue weighted by Crippen LogP contribution is 2.22. The first-order valence-corrected chi connectivity index (χ1v) is 6.32. The van der Waals surface area contributed by atoms with Crippen LogP contribution < -0.4 is 14.9 Å². The summed E-state index contributed by atoms with van der Waals surface area (Å²) in [7, 11) is 3.23. The molecule has 0 aliphatic carbocycles. The second-order valence-electron chi connectivity index (χ2n) is 4.57. The van der Waals surface area contributed by atoms with Gasteiger partial charge in [-0.2, -0.15) is 0 Å². The summed E-state index contributed by atoms with van der Waals surface area (Å²) >= 11 is 0. The van der Waals surface area contributed by atoms with Gasteiger partial charge < -0.3 is 9.47 Å². The van der Waals surface area contributed by atoms with Gasteiger partial charge in [0.05, 0.1) is 14.2 Å². The summed E-state index contributed by atoms with van der Waals surface area (Å²) in [5.41, 5.74) is 0.0188. The van der Waals surface area contributed by atoms with Gasteiger partial charge in [0.15, 0.2) is 5.43 Å². The van der Waals surface area contributed by atoms with Gasteiger partial charge in [-0.1, -0.05) is 12.1 Å². The molecule has 3 heteroatoms. The van der Waals surface area contributed by atoms with E-state index in [2.05, 4.69) is 0 Å². The highest BCUT2D eigenvalue weighted by molar-refractivity contribution is 5.94. The zero-order valence-corrected chi connectivity index (χ0v) is 11.3. The van der Waals surface area contributed by atoms with Crippen LogP contribution in [0.25, 0.3) is 21.5 Å². The third-order valence-electron chi connectivity index (χ3n) is 3.45. The van der Waals surface area contributed by atoms with Crippen LogP contribution in [0.4, 0.5) is 0 Å². The number of hydrogen-bond acceptors (Lipinski definition) is 3. The van der Waals surface area contributed by atoms with Gasteiger partial charge in [0.2, 0.25) is 0 Å². The topological polar surface area (TPSA) is 35.5 Å². The van der Waals surface area contributed by atoms with E-state index in [9.17, 15) is 4.79 Å². The average molecular weight is 266 g/mol. The molecule has 3 aromatic carbocycles. The normalized spacial score (nSPS) is 10.7. The largest absolute Gasteiger partial charge is 0.497 e. The fourth-order valence-corrected chi connectivity index (χ4v) is 2.35. The quantitative estimate of drug-likeness (QED) is 0.713. The highest BCUT2D eigenvalue weighted by Gasteiger charge is 2.04. The predicted molar refractivity (Wildman–Crippen MR) is 80.8 cm³/mol. The van der Waals surface area contributed by atoms with E-state index >= 15 is 0 Å². The van der Waals surface area contributed by atoms with E-state index in [0.717, 1.165) is 22.3 Å². The molecule has 0 aromatic heterocycles. The summed E-state index contributed by atoms with van der Waals surface area (Å²) in [5.74, 6) is 1.48. The van der Waals surface area contributed by atoms with Crippen molar-refractivity contribution in [2.45, 2.75) is 0 Å². The van der Waals surface area contributed by atoms with Crippen LogP contribution in [0, 0.1) is 0 Å². The standard InChI is InChI=1S/C17H14O3/c1-19-13-5-7-15-11(9-13)3-4-12-10-14(20-2)6-8-16(12)17(15)18/h3-10H,1-2H3. The van der Waals surface area contributed by atoms with Crippen molar-refractivity contribution >= 4 is 21.5 Å². The molecule has 0 N–H and O–H groups in total. The Kier molecular flexibility index (Phi) is 3.03. The molecule has 0 saturated carbocycles. The molecule has 3 aromatic rings. The number of benzene rings is 2. The van der Waals surface area contributed by atoms with E-state index in [0.29, 0.717) is 10.8 Å². The van der Waals surface area contributed by atoms with Gasteiger partial charge in [0.25, 0.3) is 0 Å². The van der Waals surface area contributed by atoms with E-state index in [1.54, 1.807) is 38.5 Å². The first-order chi connectivity index (χ1) is 9.72. The van der Waals surface area contributed by atoms with Gasteiger partial charge in [-0.25, -0.2) is 0 Å². The fourth-order valence-electron chi connectivity index (χ4n) is 2.35. The Bertz CT molecular complexity index is 784. The lowest BCUT2D eigenvalue weighted by Crippen LogP contribution is -1.98. The Morgan fingerprint density at radius 3 is 1.55 bits per heavy atom. The van der Waals surface area contributed by atoms with E-state index < -0.39 is 0 Å². The van der Waals surface area contributed by atoms with Crippen molar-refractivity contribution in [1.82, 2.24) is 0 Å². The summed E-state index contributed by atoms with van der Waals surface area (Å²) in [6.45, 7) is 0. The molecule has 0 saturated heterocycles. The van der Waals surface area contributed by atoms with Gasteiger partial charge in [-0.05, 0) is 47.2 Å². The summed E-state index contributed by atoms with van der Waals surface area (Å²) in [6, 6.07) is 14.8. The zero-order chi connectivity index (χ0) is 14.1. The first kappa shape index (κ1) is 12.5. The van der Waals surface area contributed by atoms with Crippen LogP contribution in [0.3, 0.4) is 0 Å². The average Bonchev–Trinajstić information content (AvgIpc) is 2.64. The maximum absolute atomic E-state index is 12.6. The lowest BCUT2D eigenvalue weighted by atomic mass is 10.1. The van der Waals surface area contributed by atoms with Crippen molar-refractivity contribution in [3.63, 3.8) is 0 Å². The molecule has 0 radical (unpaired) electrons. The van der Waals surface area contributed by atoms with Gasteiger partial charge >= 0.3 is 0 Å². The lowest BCUT2D eigenvalue weighted by Gasteiger charge is -1.99. The molecule has 0 aliphatic heterocycles. The van der Waals surface area contributed by atoms with E-state index in [4.69, 9.17) is 9.47 Å². The van der Waals surface area contributed by atoms with Gasteiger partial charge in [0.1, 0.15) is 11.5 Å². The van der Waals surface area contributed by atoms with Crippen molar-refractivity contribution in [2.24, 2.45) is 0 Å². The van der Waals surface area contributed by atoms with Crippen LogP contribution in [0.15, 0.2) is 53.3 Å². The molecule has 0 bridgehead atoms. The second kappa shape index (κ2) is 4.85. The fraction of sp³-hybridized carbons (Fsp3) is 0.118. The first-order valence-electron chi connectivity index (χ1n) is 6.32. The Labute approximate surface area is 116 Å². The molecule has 100 valence electrons. The van der Waals surface area contributed by atoms with Gasteiger partial charge in [0, 0.05) is 10.8 Å².